The number of thiophene rings is 1. The van der Waals surface area contributed by atoms with E-state index in [0.717, 1.165) is 27.3 Å². The highest BCUT2D eigenvalue weighted by atomic mass is 32.1. The molecule has 0 saturated heterocycles. The second-order valence-electron chi connectivity index (χ2n) is 6.19. The van der Waals surface area contributed by atoms with Gasteiger partial charge in [0, 0.05) is 15.1 Å². The van der Waals surface area contributed by atoms with E-state index in [1.54, 1.807) is 12.1 Å². The third kappa shape index (κ3) is 3.67. The van der Waals surface area contributed by atoms with Crippen molar-refractivity contribution in [3.8, 4) is 33.5 Å². The molecule has 0 atom stereocenters. The summed E-state index contributed by atoms with van der Waals surface area (Å²) < 4.78 is 45.4. The molecule has 9 heteroatoms. The number of nitrogens with one attached hydrogen (secondary N) is 1. The van der Waals surface area contributed by atoms with Gasteiger partial charge in [-0.1, -0.05) is 5.21 Å². The van der Waals surface area contributed by atoms with Crippen molar-refractivity contribution < 1.29 is 17.9 Å². The fourth-order valence-corrected chi connectivity index (χ4v) is 4.03. The lowest BCUT2D eigenvalue weighted by atomic mass is 10.0. The second-order valence-corrected chi connectivity index (χ2v) is 7.27. The Morgan fingerprint density at radius 1 is 1.14 bits per heavy atom. The summed E-state index contributed by atoms with van der Waals surface area (Å²) in [6, 6.07) is 12.8. The summed E-state index contributed by atoms with van der Waals surface area (Å²) in [5.74, 6) is 0.570. The molecule has 0 saturated carbocycles. The molecule has 2 aromatic heterocycles. The third-order valence-corrected chi connectivity index (χ3v) is 5.44. The fraction of sp³-hybridized carbons (Fsp3) is 0.150. The molecule has 0 spiro atoms. The van der Waals surface area contributed by atoms with Gasteiger partial charge < -0.3 is 4.74 Å². The monoisotopic (exact) mass is 414 g/mol. The summed E-state index contributed by atoms with van der Waals surface area (Å²) in [6.45, 7) is 2.29. The van der Waals surface area contributed by atoms with E-state index in [9.17, 15) is 18.4 Å². The molecular formula is C20H13F3N4OS. The number of benzene rings is 2. The molecule has 0 bridgehead atoms. The zero-order valence-corrected chi connectivity index (χ0v) is 15.9. The van der Waals surface area contributed by atoms with Gasteiger partial charge in [0.1, 0.15) is 17.5 Å². The quantitative estimate of drug-likeness (QED) is 0.469. The zero-order chi connectivity index (χ0) is 20.6. The molecule has 0 amide bonds. The number of fused-ring (bicyclic) bond motifs is 1. The van der Waals surface area contributed by atoms with Crippen LogP contribution in [0.25, 0.3) is 31.8 Å². The first-order valence-electron chi connectivity index (χ1n) is 8.59. The fourth-order valence-electron chi connectivity index (χ4n) is 3.00. The predicted molar refractivity (Wildman–Crippen MR) is 104 cm³/mol. The Labute approximate surface area is 167 Å². The van der Waals surface area contributed by atoms with Crippen molar-refractivity contribution in [3.05, 3.63) is 53.7 Å². The van der Waals surface area contributed by atoms with Crippen molar-refractivity contribution in [3.63, 3.8) is 0 Å². The maximum atomic E-state index is 13.0. The van der Waals surface area contributed by atoms with Crippen LogP contribution in [0, 0.1) is 11.3 Å². The number of nitriles is 1. The lowest BCUT2D eigenvalue weighted by molar-refractivity contribution is -0.137. The van der Waals surface area contributed by atoms with E-state index in [0.29, 0.717) is 29.0 Å². The van der Waals surface area contributed by atoms with Gasteiger partial charge in [-0.15, -0.1) is 16.4 Å². The molecule has 1 N–H and O–H groups in total. The molecule has 2 aromatic carbocycles. The number of aromatic nitrogens is 3. The molecule has 4 aromatic rings. The number of hydrogen-bond donors (Lipinski definition) is 1. The molecule has 4 rings (SSSR count). The standard InChI is InChI=1S/C20H13F3N4OS/c1-2-28-15-7-11(5-13(8-15)19-16(10-24)25-27-26-19)18-9-12-6-14(20(21,22)23)3-4-17(12)29-18/h3-9H,2H2,1H3,(H,25,26,27). The zero-order valence-electron chi connectivity index (χ0n) is 15.0. The Balaban J connectivity index is 1.84. The summed E-state index contributed by atoms with van der Waals surface area (Å²) in [7, 11) is 0. The largest absolute Gasteiger partial charge is 0.494 e. The highest BCUT2D eigenvalue weighted by molar-refractivity contribution is 7.22. The molecule has 0 aliphatic rings. The van der Waals surface area contributed by atoms with E-state index >= 15 is 0 Å². The lowest BCUT2D eigenvalue weighted by Crippen LogP contribution is -2.03. The average molecular weight is 414 g/mol. The van der Waals surface area contributed by atoms with Crippen LogP contribution in [0.5, 0.6) is 5.75 Å². The van der Waals surface area contributed by atoms with Gasteiger partial charge in [0.05, 0.1) is 12.2 Å². The first-order valence-corrected chi connectivity index (χ1v) is 9.41. The summed E-state index contributed by atoms with van der Waals surface area (Å²) >= 11 is 1.38. The molecule has 0 fully saturated rings. The first-order chi connectivity index (χ1) is 13.9. The predicted octanol–water partition coefficient (Wildman–Crippen LogP) is 5.64. The van der Waals surface area contributed by atoms with E-state index in [1.807, 2.05) is 25.1 Å². The molecule has 0 unspecified atom stereocenters. The molecule has 5 nitrogen and oxygen atoms in total. The summed E-state index contributed by atoms with van der Waals surface area (Å²) in [5.41, 5.74) is 1.31. The minimum atomic E-state index is -4.39. The van der Waals surface area contributed by atoms with Gasteiger partial charge in [0.15, 0.2) is 5.69 Å². The molecule has 29 heavy (non-hydrogen) atoms. The number of aromatic amines is 1. The van der Waals surface area contributed by atoms with Crippen molar-refractivity contribution in [1.29, 1.82) is 5.26 Å². The van der Waals surface area contributed by atoms with Gasteiger partial charge in [-0.25, -0.2) is 5.10 Å². The molecule has 146 valence electrons. The van der Waals surface area contributed by atoms with E-state index < -0.39 is 11.7 Å². The van der Waals surface area contributed by atoms with E-state index in [-0.39, 0.29) is 5.69 Å². The Morgan fingerprint density at radius 2 is 1.93 bits per heavy atom. The van der Waals surface area contributed by atoms with Crippen molar-refractivity contribution >= 4 is 21.4 Å². The van der Waals surface area contributed by atoms with Crippen LogP contribution in [0.2, 0.25) is 0 Å². The molecular weight excluding hydrogens is 401 g/mol. The van der Waals surface area contributed by atoms with Crippen LogP contribution in [0.15, 0.2) is 42.5 Å². The van der Waals surface area contributed by atoms with Crippen molar-refractivity contribution in [2.75, 3.05) is 6.61 Å². The number of nitrogens with zero attached hydrogens (tertiary/aromatic N) is 3. The van der Waals surface area contributed by atoms with E-state index in [1.165, 1.54) is 17.4 Å². The van der Waals surface area contributed by atoms with Crippen LogP contribution in [-0.2, 0) is 6.18 Å². The lowest BCUT2D eigenvalue weighted by Gasteiger charge is -2.08. The third-order valence-electron chi connectivity index (χ3n) is 4.28. The summed E-state index contributed by atoms with van der Waals surface area (Å²) in [6.07, 6.45) is -4.39. The number of rotatable bonds is 4. The second kappa shape index (κ2) is 7.22. The van der Waals surface area contributed by atoms with Crippen molar-refractivity contribution in [2.45, 2.75) is 13.1 Å². The molecule has 0 aliphatic heterocycles. The van der Waals surface area contributed by atoms with Gasteiger partial charge in [0.2, 0.25) is 0 Å². The molecule has 2 heterocycles. The number of ether oxygens (including phenoxy) is 1. The van der Waals surface area contributed by atoms with Crippen LogP contribution in [0.1, 0.15) is 18.2 Å². The first kappa shape index (κ1) is 19.0. The van der Waals surface area contributed by atoms with Crippen LogP contribution in [0.3, 0.4) is 0 Å². The number of hydrogen-bond acceptors (Lipinski definition) is 5. The van der Waals surface area contributed by atoms with Gasteiger partial charge in [0.25, 0.3) is 0 Å². The Kier molecular flexibility index (Phi) is 4.72. The highest BCUT2D eigenvalue weighted by Gasteiger charge is 2.30. The average Bonchev–Trinajstić information content (AvgIpc) is 3.33. The van der Waals surface area contributed by atoms with Crippen LogP contribution in [-0.4, -0.2) is 22.0 Å². The minimum Gasteiger partial charge on any atom is -0.494 e. The highest BCUT2D eigenvalue weighted by Crippen LogP contribution is 2.39. The molecule has 0 radical (unpaired) electrons. The van der Waals surface area contributed by atoms with Crippen LogP contribution >= 0.6 is 11.3 Å². The Morgan fingerprint density at radius 3 is 2.66 bits per heavy atom. The summed E-state index contributed by atoms with van der Waals surface area (Å²) in [5, 5.41) is 19.9. The summed E-state index contributed by atoms with van der Waals surface area (Å²) in [4.78, 5) is 0.782. The van der Waals surface area contributed by atoms with Crippen LogP contribution in [0.4, 0.5) is 13.2 Å². The topological polar surface area (TPSA) is 74.6 Å². The smallest absolute Gasteiger partial charge is 0.416 e. The minimum absolute atomic E-state index is 0.218. The van der Waals surface area contributed by atoms with Gasteiger partial charge in [-0.2, -0.15) is 18.4 Å². The van der Waals surface area contributed by atoms with E-state index in [2.05, 4.69) is 15.4 Å². The number of alkyl halides is 3. The Bertz CT molecular complexity index is 1240. The van der Waals surface area contributed by atoms with Crippen molar-refractivity contribution in [2.24, 2.45) is 0 Å². The SMILES string of the molecule is CCOc1cc(-c2cc3cc(C(F)(F)F)ccc3s2)cc(-c2nn[nH]c2C#N)c1. The number of H-pyrrole nitrogens is 1. The number of halogens is 3. The molecule has 0 aliphatic carbocycles. The van der Waals surface area contributed by atoms with E-state index in [4.69, 9.17) is 4.74 Å². The van der Waals surface area contributed by atoms with Crippen molar-refractivity contribution in [1.82, 2.24) is 15.4 Å². The van der Waals surface area contributed by atoms with Gasteiger partial charge in [-0.05, 0) is 60.3 Å². The maximum Gasteiger partial charge on any atom is 0.416 e. The van der Waals surface area contributed by atoms with Crippen LogP contribution < -0.4 is 4.74 Å². The normalized spacial score (nSPS) is 11.6. The Hall–Kier alpha value is -3.38. The maximum absolute atomic E-state index is 13.0. The van der Waals surface area contributed by atoms with Gasteiger partial charge >= 0.3 is 6.18 Å². The van der Waals surface area contributed by atoms with Gasteiger partial charge in [-0.3, -0.25) is 0 Å².